The normalized spacial score (nSPS) is 14.8. The van der Waals surface area contributed by atoms with Crippen molar-refractivity contribution in [1.82, 2.24) is 5.32 Å². The lowest BCUT2D eigenvalue weighted by atomic mass is 10.1. The van der Waals surface area contributed by atoms with Gasteiger partial charge in [0.25, 0.3) is 0 Å². The van der Waals surface area contributed by atoms with E-state index in [-0.39, 0.29) is 24.5 Å². The molecular formula is C13H20FNO. The highest BCUT2D eigenvalue weighted by molar-refractivity contribution is 5.17. The lowest BCUT2D eigenvalue weighted by Gasteiger charge is -2.20. The third-order valence-electron chi connectivity index (χ3n) is 2.69. The van der Waals surface area contributed by atoms with Gasteiger partial charge >= 0.3 is 0 Å². The first-order valence-electron chi connectivity index (χ1n) is 5.77. The van der Waals surface area contributed by atoms with Gasteiger partial charge in [-0.15, -0.1) is 0 Å². The average Bonchev–Trinajstić information content (AvgIpc) is 2.29. The van der Waals surface area contributed by atoms with E-state index >= 15 is 0 Å². The first-order valence-corrected chi connectivity index (χ1v) is 5.77. The monoisotopic (exact) mass is 225 g/mol. The van der Waals surface area contributed by atoms with Crippen molar-refractivity contribution in [3.63, 3.8) is 0 Å². The number of benzene rings is 1. The summed E-state index contributed by atoms with van der Waals surface area (Å²) in [4.78, 5) is 0. The minimum Gasteiger partial charge on any atom is -0.395 e. The number of nitrogens with one attached hydrogen (secondary N) is 1. The molecule has 0 saturated heterocycles. The molecule has 0 fully saturated rings. The Labute approximate surface area is 96.5 Å². The van der Waals surface area contributed by atoms with E-state index in [0.717, 1.165) is 18.4 Å². The molecule has 16 heavy (non-hydrogen) atoms. The third kappa shape index (κ3) is 4.29. The largest absolute Gasteiger partial charge is 0.395 e. The molecule has 0 aromatic heterocycles. The summed E-state index contributed by atoms with van der Waals surface area (Å²) in [6, 6.07) is 6.98. The summed E-state index contributed by atoms with van der Waals surface area (Å²) in [6.45, 7) is 4.27. The minimum absolute atomic E-state index is 0.149. The third-order valence-corrected chi connectivity index (χ3v) is 2.69. The summed E-state index contributed by atoms with van der Waals surface area (Å²) in [5.41, 5.74) is 1.11. The molecule has 0 aliphatic carbocycles. The minimum atomic E-state index is -0.203. The van der Waals surface area contributed by atoms with Gasteiger partial charge < -0.3 is 10.4 Å². The zero-order valence-corrected chi connectivity index (χ0v) is 9.91. The maximum atomic E-state index is 12.7. The molecule has 0 spiro atoms. The standard InChI is InChI=1S/C13H20FNO/c1-3-13(9-16)15-10(2)8-11-4-6-12(14)7-5-11/h4-7,10,13,15-16H,3,8-9H2,1-2H3/t10?,13-/m1/s1. The number of aliphatic hydroxyl groups is 1. The van der Waals surface area contributed by atoms with Crippen molar-refractivity contribution in [3.05, 3.63) is 35.6 Å². The van der Waals surface area contributed by atoms with Gasteiger partial charge in [-0.2, -0.15) is 0 Å². The summed E-state index contributed by atoms with van der Waals surface area (Å²) < 4.78 is 12.7. The fraction of sp³-hybridized carbons (Fsp3) is 0.538. The highest BCUT2D eigenvalue weighted by Crippen LogP contribution is 2.06. The lowest BCUT2D eigenvalue weighted by molar-refractivity contribution is 0.229. The molecule has 0 heterocycles. The fourth-order valence-electron chi connectivity index (χ4n) is 1.73. The first kappa shape index (κ1) is 13.1. The zero-order chi connectivity index (χ0) is 12.0. The van der Waals surface area contributed by atoms with Crippen LogP contribution in [0.1, 0.15) is 25.8 Å². The molecule has 2 nitrogen and oxygen atoms in total. The van der Waals surface area contributed by atoms with E-state index < -0.39 is 0 Å². The summed E-state index contributed by atoms with van der Waals surface area (Å²) in [5, 5.41) is 12.4. The Morgan fingerprint density at radius 1 is 1.31 bits per heavy atom. The van der Waals surface area contributed by atoms with Gasteiger partial charge in [0.1, 0.15) is 5.82 Å². The van der Waals surface area contributed by atoms with E-state index in [0.29, 0.717) is 0 Å². The lowest BCUT2D eigenvalue weighted by Crippen LogP contribution is -2.39. The van der Waals surface area contributed by atoms with Crippen LogP contribution in [0.25, 0.3) is 0 Å². The van der Waals surface area contributed by atoms with Crippen LogP contribution in [0, 0.1) is 5.82 Å². The van der Waals surface area contributed by atoms with Gasteiger partial charge in [0.15, 0.2) is 0 Å². The van der Waals surface area contributed by atoms with Gasteiger partial charge in [-0.25, -0.2) is 4.39 Å². The van der Waals surface area contributed by atoms with Crippen LogP contribution in [0.15, 0.2) is 24.3 Å². The molecule has 0 aliphatic rings. The fourth-order valence-corrected chi connectivity index (χ4v) is 1.73. The molecule has 2 N–H and O–H groups in total. The van der Waals surface area contributed by atoms with Crippen LogP contribution in [-0.4, -0.2) is 23.8 Å². The summed E-state index contributed by atoms with van der Waals surface area (Å²) in [6.07, 6.45) is 1.75. The maximum absolute atomic E-state index is 12.7. The highest BCUT2D eigenvalue weighted by Gasteiger charge is 2.09. The molecule has 3 heteroatoms. The Morgan fingerprint density at radius 3 is 2.44 bits per heavy atom. The van der Waals surface area contributed by atoms with Crippen LogP contribution in [-0.2, 0) is 6.42 Å². The zero-order valence-electron chi connectivity index (χ0n) is 9.91. The van der Waals surface area contributed by atoms with E-state index in [1.165, 1.54) is 12.1 Å². The SMILES string of the molecule is CC[C@H](CO)NC(C)Cc1ccc(F)cc1. The van der Waals surface area contributed by atoms with E-state index in [1.807, 2.05) is 6.92 Å². The molecule has 1 rings (SSSR count). The van der Waals surface area contributed by atoms with Crippen molar-refractivity contribution in [2.45, 2.75) is 38.8 Å². The Bertz CT molecular complexity index is 295. The predicted molar refractivity (Wildman–Crippen MR) is 63.9 cm³/mol. The topological polar surface area (TPSA) is 32.3 Å². The van der Waals surface area contributed by atoms with Gasteiger partial charge in [-0.05, 0) is 37.5 Å². The number of rotatable bonds is 6. The number of hydrogen-bond acceptors (Lipinski definition) is 2. The molecule has 1 aromatic rings. The Hall–Kier alpha value is -0.930. The second-order valence-corrected chi connectivity index (χ2v) is 4.19. The summed E-state index contributed by atoms with van der Waals surface area (Å²) >= 11 is 0. The van der Waals surface area contributed by atoms with Crippen molar-refractivity contribution in [2.75, 3.05) is 6.61 Å². The van der Waals surface area contributed by atoms with Crippen molar-refractivity contribution >= 4 is 0 Å². The molecule has 0 saturated carbocycles. The number of halogens is 1. The number of hydrogen-bond donors (Lipinski definition) is 2. The van der Waals surface area contributed by atoms with Crippen LogP contribution in [0.3, 0.4) is 0 Å². The van der Waals surface area contributed by atoms with Crippen molar-refractivity contribution in [1.29, 1.82) is 0 Å². The van der Waals surface area contributed by atoms with Crippen molar-refractivity contribution in [3.8, 4) is 0 Å². The number of aliphatic hydroxyl groups excluding tert-OH is 1. The van der Waals surface area contributed by atoms with E-state index in [2.05, 4.69) is 12.2 Å². The highest BCUT2D eigenvalue weighted by atomic mass is 19.1. The maximum Gasteiger partial charge on any atom is 0.123 e. The van der Waals surface area contributed by atoms with Crippen LogP contribution in [0.4, 0.5) is 4.39 Å². The quantitative estimate of drug-likeness (QED) is 0.777. The molecule has 0 aliphatic heterocycles. The predicted octanol–water partition coefficient (Wildman–Crippen LogP) is 2.12. The smallest absolute Gasteiger partial charge is 0.123 e. The van der Waals surface area contributed by atoms with Gasteiger partial charge in [0, 0.05) is 12.1 Å². The second-order valence-electron chi connectivity index (χ2n) is 4.19. The van der Waals surface area contributed by atoms with Gasteiger partial charge in [0.2, 0.25) is 0 Å². The summed E-state index contributed by atoms with van der Waals surface area (Å²) in [5.74, 6) is -0.203. The molecule has 1 unspecified atom stereocenters. The first-order chi connectivity index (χ1) is 7.65. The van der Waals surface area contributed by atoms with Crippen molar-refractivity contribution in [2.24, 2.45) is 0 Å². The van der Waals surface area contributed by atoms with E-state index in [4.69, 9.17) is 5.11 Å². The van der Waals surface area contributed by atoms with Crippen LogP contribution in [0.5, 0.6) is 0 Å². The van der Waals surface area contributed by atoms with Gasteiger partial charge in [0.05, 0.1) is 6.61 Å². The van der Waals surface area contributed by atoms with E-state index in [9.17, 15) is 4.39 Å². The Balaban J connectivity index is 2.44. The molecule has 90 valence electrons. The van der Waals surface area contributed by atoms with Gasteiger partial charge in [-0.3, -0.25) is 0 Å². The van der Waals surface area contributed by atoms with Crippen LogP contribution >= 0.6 is 0 Å². The molecule has 2 atom stereocenters. The second kappa shape index (κ2) is 6.61. The molecule has 0 bridgehead atoms. The molecule has 0 amide bonds. The molecular weight excluding hydrogens is 205 g/mol. The summed E-state index contributed by atoms with van der Waals surface area (Å²) in [7, 11) is 0. The molecule has 1 aromatic carbocycles. The van der Waals surface area contributed by atoms with Crippen molar-refractivity contribution < 1.29 is 9.50 Å². The van der Waals surface area contributed by atoms with E-state index in [1.54, 1.807) is 12.1 Å². The average molecular weight is 225 g/mol. The Morgan fingerprint density at radius 2 is 1.94 bits per heavy atom. The van der Waals surface area contributed by atoms with Crippen LogP contribution in [0.2, 0.25) is 0 Å². The van der Waals surface area contributed by atoms with Crippen LogP contribution < -0.4 is 5.32 Å². The van der Waals surface area contributed by atoms with Gasteiger partial charge in [-0.1, -0.05) is 19.1 Å². The molecule has 0 radical (unpaired) electrons. The Kier molecular flexibility index (Phi) is 5.43.